The fourth-order valence-electron chi connectivity index (χ4n) is 1.41. The summed E-state index contributed by atoms with van der Waals surface area (Å²) in [5.41, 5.74) is 1.39. The predicted octanol–water partition coefficient (Wildman–Crippen LogP) is 1.21. The third kappa shape index (κ3) is 2.01. The molecule has 0 fully saturated rings. The number of hydrogen-bond donors (Lipinski definition) is 2. The Morgan fingerprint density at radius 3 is 3.25 bits per heavy atom. The summed E-state index contributed by atoms with van der Waals surface area (Å²) in [6.45, 7) is 0.371. The second-order valence-corrected chi connectivity index (χ2v) is 3.34. The van der Waals surface area contributed by atoms with Crippen molar-refractivity contribution in [3.8, 4) is 6.07 Å². The largest absolute Gasteiger partial charge is 0.351 e. The van der Waals surface area contributed by atoms with Gasteiger partial charge < -0.3 is 5.32 Å². The van der Waals surface area contributed by atoms with Crippen molar-refractivity contribution in [1.29, 1.82) is 5.26 Å². The van der Waals surface area contributed by atoms with Gasteiger partial charge in [0.25, 0.3) is 5.91 Å². The fraction of sp³-hybridized carbons (Fsp3) is 0.182. The number of rotatable bonds is 3. The van der Waals surface area contributed by atoms with Crippen LogP contribution in [0.2, 0.25) is 0 Å². The highest BCUT2D eigenvalue weighted by molar-refractivity contribution is 5.97. The van der Waals surface area contributed by atoms with E-state index in [0.29, 0.717) is 18.5 Å². The molecule has 0 saturated heterocycles. The molecule has 0 aliphatic carbocycles. The zero-order valence-corrected chi connectivity index (χ0v) is 8.53. The van der Waals surface area contributed by atoms with Crippen molar-refractivity contribution in [2.24, 2.45) is 0 Å². The van der Waals surface area contributed by atoms with Gasteiger partial charge in [-0.3, -0.25) is 9.89 Å². The molecule has 16 heavy (non-hydrogen) atoms. The van der Waals surface area contributed by atoms with Gasteiger partial charge in [0.15, 0.2) is 0 Å². The lowest BCUT2D eigenvalue weighted by molar-refractivity contribution is 0.0954. The van der Waals surface area contributed by atoms with E-state index < -0.39 is 0 Å². The van der Waals surface area contributed by atoms with Gasteiger partial charge in [0.05, 0.1) is 24.2 Å². The Hall–Kier alpha value is -2.35. The number of nitriles is 1. The standard InChI is InChI=1S/C11H10N4O/c12-4-1-5-13-11(16)8-2-3-9-7-14-15-10(9)6-8/h2-3,6-7H,1,5H2,(H,13,16)(H,14,15). The van der Waals surface area contributed by atoms with Crippen molar-refractivity contribution < 1.29 is 4.79 Å². The van der Waals surface area contributed by atoms with E-state index in [1.54, 1.807) is 18.3 Å². The number of benzene rings is 1. The van der Waals surface area contributed by atoms with Crippen LogP contribution >= 0.6 is 0 Å². The van der Waals surface area contributed by atoms with E-state index in [-0.39, 0.29) is 5.91 Å². The molecular formula is C11H10N4O. The quantitative estimate of drug-likeness (QED) is 0.753. The number of aromatic amines is 1. The molecule has 0 radical (unpaired) electrons. The van der Waals surface area contributed by atoms with Crippen molar-refractivity contribution in [2.75, 3.05) is 6.54 Å². The van der Waals surface area contributed by atoms with E-state index in [4.69, 9.17) is 5.26 Å². The second-order valence-electron chi connectivity index (χ2n) is 3.34. The van der Waals surface area contributed by atoms with Crippen LogP contribution in [0.4, 0.5) is 0 Å². The Kier molecular flexibility index (Phi) is 2.83. The zero-order chi connectivity index (χ0) is 11.4. The van der Waals surface area contributed by atoms with Crippen LogP contribution in [0.15, 0.2) is 24.4 Å². The Morgan fingerprint density at radius 2 is 2.44 bits per heavy atom. The molecule has 2 rings (SSSR count). The summed E-state index contributed by atoms with van der Waals surface area (Å²) in [5, 5.41) is 18.7. The number of nitrogens with zero attached hydrogens (tertiary/aromatic N) is 2. The van der Waals surface area contributed by atoms with Gasteiger partial charge in [-0.05, 0) is 12.1 Å². The first-order valence-corrected chi connectivity index (χ1v) is 4.89. The van der Waals surface area contributed by atoms with Crippen molar-refractivity contribution in [1.82, 2.24) is 15.5 Å². The lowest BCUT2D eigenvalue weighted by atomic mass is 10.1. The average molecular weight is 214 g/mol. The van der Waals surface area contributed by atoms with Crippen LogP contribution in [-0.4, -0.2) is 22.6 Å². The topological polar surface area (TPSA) is 81.6 Å². The number of H-pyrrole nitrogens is 1. The monoisotopic (exact) mass is 214 g/mol. The van der Waals surface area contributed by atoms with Crippen molar-refractivity contribution >= 4 is 16.8 Å². The first kappa shape index (κ1) is 10.2. The number of fused-ring (bicyclic) bond motifs is 1. The number of carbonyl (C=O) groups excluding carboxylic acids is 1. The molecule has 0 saturated carbocycles. The van der Waals surface area contributed by atoms with Crippen molar-refractivity contribution in [3.63, 3.8) is 0 Å². The van der Waals surface area contributed by atoms with Crippen LogP contribution in [-0.2, 0) is 0 Å². The first-order chi connectivity index (χ1) is 7.81. The smallest absolute Gasteiger partial charge is 0.251 e. The van der Waals surface area contributed by atoms with Gasteiger partial charge >= 0.3 is 0 Å². The maximum atomic E-state index is 11.6. The first-order valence-electron chi connectivity index (χ1n) is 4.89. The third-order valence-corrected chi connectivity index (χ3v) is 2.23. The molecule has 0 aliphatic rings. The van der Waals surface area contributed by atoms with Gasteiger partial charge in [0.2, 0.25) is 0 Å². The molecule has 2 aromatic rings. The molecule has 0 spiro atoms. The maximum Gasteiger partial charge on any atom is 0.251 e. The molecule has 2 N–H and O–H groups in total. The molecule has 5 nitrogen and oxygen atoms in total. The highest BCUT2D eigenvalue weighted by Gasteiger charge is 2.05. The molecule has 80 valence electrons. The van der Waals surface area contributed by atoms with Crippen molar-refractivity contribution in [2.45, 2.75) is 6.42 Å². The normalized spacial score (nSPS) is 9.94. The van der Waals surface area contributed by atoms with Crippen LogP contribution in [0.1, 0.15) is 16.8 Å². The minimum atomic E-state index is -0.174. The van der Waals surface area contributed by atoms with Crippen LogP contribution in [0.5, 0.6) is 0 Å². The van der Waals surface area contributed by atoms with Gasteiger partial charge in [-0.15, -0.1) is 0 Å². The number of aromatic nitrogens is 2. The number of amides is 1. The Morgan fingerprint density at radius 1 is 1.56 bits per heavy atom. The van der Waals surface area contributed by atoms with Gasteiger partial charge in [-0.1, -0.05) is 6.07 Å². The average Bonchev–Trinajstić information content (AvgIpc) is 2.76. The van der Waals surface area contributed by atoms with Gasteiger partial charge in [-0.25, -0.2) is 0 Å². The van der Waals surface area contributed by atoms with Crippen LogP contribution in [0.25, 0.3) is 10.9 Å². The molecule has 0 unspecified atom stereocenters. The van der Waals surface area contributed by atoms with Crippen LogP contribution in [0, 0.1) is 11.3 Å². The van der Waals surface area contributed by atoms with E-state index in [1.165, 1.54) is 0 Å². The number of carbonyl (C=O) groups is 1. The molecule has 1 amide bonds. The SMILES string of the molecule is N#CCCNC(=O)c1ccc2cn[nH]c2c1. The fourth-order valence-corrected chi connectivity index (χ4v) is 1.41. The summed E-state index contributed by atoms with van der Waals surface area (Å²) in [7, 11) is 0. The highest BCUT2D eigenvalue weighted by Crippen LogP contribution is 2.12. The molecule has 5 heteroatoms. The molecule has 1 aromatic heterocycles. The summed E-state index contributed by atoms with van der Waals surface area (Å²) in [6.07, 6.45) is 2.02. The molecule has 1 aromatic carbocycles. The Bertz CT molecular complexity index is 552. The number of hydrogen-bond acceptors (Lipinski definition) is 3. The lowest BCUT2D eigenvalue weighted by Crippen LogP contribution is -2.24. The summed E-state index contributed by atoms with van der Waals surface area (Å²) < 4.78 is 0. The van der Waals surface area contributed by atoms with E-state index in [2.05, 4.69) is 15.5 Å². The third-order valence-electron chi connectivity index (χ3n) is 2.23. The Labute approximate surface area is 92.1 Å². The minimum Gasteiger partial charge on any atom is -0.351 e. The van der Waals surface area contributed by atoms with E-state index in [1.807, 2.05) is 12.1 Å². The van der Waals surface area contributed by atoms with E-state index >= 15 is 0 Å². The van der Waals surface area contributed by atoms with Crippen molar-refractivity contribution in [3.05, 3.63) is 30.0 Å². The molecular weight excluding hydrogens is 204 g/mol. The molecule has 0 aliphatic heterocycles. The van der Waals surface area contributed by atoms with Crippen LogP contribution in [0.3, 0.4) is 0 Å². The summed E-state index contributed by atoms with van der Waals surface area (Å²) in [6, 6.07) is 7.28. The summed E-state index contributed by atoms with van der Waals surface area (Å²) in [5.74, 6) is -0.174. The zero-order valence-electron chi connectivity index (χ0n) is 8.53. The number of nitrogens with one attached hydrogen (secondary N) is 2. The maximum absolute atomic E-state index is 11.6. The van der Waals surface area contributed by atoms with Gasteiger partial charge in [-0.2, -0.15) is 10.4 Å². The van der Waals surface area contributed by atoms with E-state index in [9.17, 15) is 4.79 Å². The highest BCUT2D eigenvalue weighted by atomic mass is 16.1. The second kappa shape index (κ2) is 4.45. The lowest BCUT2D eigenvalue weighted by Gasteiger charge is -2.02. The van der Waals surface area contributed by atoms with E-state index in [0.717, 1.165) is 10.9 Å². The molecule has 0 bridgehead atoms. The van der Waals surface area contributed by atoms with Gasteiger partial charge in [0, 0.05) is 17.5 Å². The summed E-state index contributed by atoms with van der Waals surface area (Å²) in [4.78, 5) is 11.6. The molecule has 0 atom stereocenters. The van der Waals surface area contributed by atoms with Gasteiger partial charge in [0.1, 0.15) is 0 Å². The summed E-state index contributed by atoms with van der Waals surface area (Å²) >= 11 is 0. The predicted molar refractivity (Wildman–Crippen MR) is 58.7 cm³/mol. The Balaban J connectivity index is 2.13. The molecule has 1 heterocycles. The van der Waals surface area contributed by atoms with Crippen LogP contribution < -0.4 is 5.32 Å². The minimum absolute atomic E-state index is 0.174.